The molecule has 0 radical (unpaired) electrons. The van der Waals surface area contributed by atoms with Crippen molar-refractivity contribution in [1.82, 2.24) is 4.98 Å². The molecule has 0 bridgehead atoms. The molecule has 0 atom stereocenters. The van der Waals surface area contributed by atoms with Gasteiger partial charge >= 0.3 is 0 Å². The molecule has 3 heteroatoms. The molecule has 0 aliphatic rings. The van der Waals surface area contributed by atoms with E-state index in [2.05, 4.69) is 11.1 Å². The average Bonchev–Trinajstić information content (AvgIpc) is 2.20. The van der Waals surface area contributed by atoms with Crippen molar-refractivity contribution in [3.8, 4) is 11.3 Å². The Kier molecular flexibility index (Phi) is 3.17. The molecule has 0 N–H and O–H groups in total. The van der Waals surface area contributed by atoms with Gasteiger partial charge in [0.2, 0.25) is 0 Å². The minimum absolute atomic E-state index is 0.631. The number of pyridine rings is 1. The first-order chi connectivity index (χ1) is 7.59. The van der Waals surface area contributed by atoms with Crippen molar-refractivity contribution in [3.05, 3.63) is 51.6 Å². The first-order valence-electron chi connectivity index (χ1n) is 4.97. The molecule has 82 valence electrons. The Labute approximate surface area is 105 Å². The van der Waals surface area contributed by atoms with E-state index in [0.29, 0.717) is 10.0 Å². The minimum atomic E-state index is 0.631. The summed E-state index contributed by atoms with van der Waals surface area (Å²) < 4.78 is 0. The third-order valence-corrected chi connectivity index (χ3v) is 3.04. The van der Waals surface area contributed by atoms with Crippen LogP contribution in [0.4, 0.5) is 0 Å². The summed E-state index contributed by atoms with van der Waals surface area (Å²) in [6, 6.07) is 7.55. The van der Waals surface area contributed by atoms with E-state index >= 15 is 0 Å². The molecule has 2 rings (SSSR count). The van der Waals surface area contributed by atoms with Crippen molar-refractivity contribution < 1.29 is 0 Å². The highest BCUT2D eigenvalue weighted by Crippen LogP contribution is 2.34. The van der Waals surface area contributed by atoms with E-state index in [-0.39, 0.29) is 0 Å². The molecule has 1 aromatic heterocycles. The average molecular weight is 252 g/mol. The quantitative estimate of drug-likeness (QED) is 0.718. The van der Waals surface area contributed by atoms with Crippen LogP contribution in [0.5, 0.6) is 0 Å². The molecule has 0 aliphatic heterocycles. The zero-order valence-electron chi connectivity index (χ0n) is 9.09. The van der Waals surface area contributed by atoms with Crippen LogP contribution < -0.4 is 0 Å². The summed E-state index contributed by atoms with van der Waals surface area (Å²) in [6.07, 6.45) is 1.82. The molecular formula is C13H11Cl2N. The van der Waals surface area contributed by atoms with Crippen LogP contribution in [0.15, 0.2) is 30.5 Å². The number of halogens is 2. The van der Waals surface area contributed by atoms with E-state index in [0.717, 1.165) is 22.4 Å². The highest BCUT2D eigenvalue weighted by Gasteiger charge is 2.11. The van der Waals surface area contributed by atoms with Crippen LogP contribution in [0.3, 0.4) is 0 Å². The Balaban J connectivity index is 2.68. The zero-order chi connectivity index (χ0) is 11.7. The second-order valence-electron chi connectivity index (χ2n) is 3.77. The summed E-state index contributed by atoms with van der Waals surface area (Å²) in [7, 11) is 0. The summed E-state index contributed by atoms with van der Waals surface area (Å²) >= 11 is 12.3. The molecule has 1 nitrogen and oxygen atoms in total. The Morgan fingerprint density at radius 1 is 1.06 bits per heavy atom. The summed E-state index contributed by atoms with van der Waals surface area (Å²) in [5.74, 6) is 0. The van der Waals surface area contributed by atoms with Crippen LogP contribution in [0, 0.1) is 13.8 Å². The van der Waals surface area contributed by atoms with Crippen molar-refractivity contribution in [1.29, 1.82) is 0 Å². The summed E-state index contributed by atoms with van der Waals surface area (Å²) in [4.78, 5) is 4.40. The van der Waals surface area contributed by atoms with Gasteiger partial charge in [0.25, 0.3) is 0 Å². The van der Waals surface area contributed by atoms with Gasteiger partial charge in [-0.05, 0) is 37.1 Å². The van der Waals surface area contributed by atoms with Gasteiger partial charge in [-0.2, -0.15) is 0 Å². The van der Waals surface area contributed by atoms with Crippen LogP contribution in [0.25, 0.3) is 11.3 Å². The van der Waals surface area contributed by atoms with Crippen molar-refractivity contribution in [3.63, 3.8) is 0 Å². The fraction of sp³-hybridized carbons (Fsp3) is 0.154. The van der Waals surface area contributed by atoms with E-state index < -0.39 is 0 Å². The largest absolute Gasteiger partial charge is 0.256 e. The van der Waals surface area contributed by atoms with E-state index in [4.69, 9.17) is 23.2 Å². The van der Waals surface area contributed by atoms with Gasteiger partial charge in [0.05, 0.1) is 15.7 Å². The lowest BCUT2D eigenvalue weighted by Crippen LogP contribution is -1.91. The van der Waals surface area contributed by atoms with Gasteiger partial charge in [0.15, 0.2) is 0 Å². The van der Waals surface area contributed by atoms with Gasteiger partial charge in [-0.15, -0.1) is 0 Å². The van der Waals surface area contributed by atoms with E-state index in [1.54, 1.807) is 0 Å². The van der Waals surface area contributed by atoms with Crippen LogP contribution in [-0.4, -0.2) is 4.98 Å². The van der Waals surface area contributed by atoms with Crippen molar-refractivity contribution in [2.24, 2.45) is 0 Å². The SMILES string of the molecule is Cc1cnc(-c2c(Cl)cccc2Cl)c(C)c1. The molecular weight excluding hydrogens is 241 g/mol. The number of nitrogens with zero attached hydrogens (tertiary/aromatic N) is 1. The zero-order valence-corrected chi connectivity index (χ0v) is 10.6. The normalized spacial score (nSPS) is 10.5. The predicted octanol–water partition coefficient (Wildman–Crippen LogP) is 4.67. The second-order valence-corrected chi connectivity index (χ2v) is 4.59. The number of benzene rings is 1. The minimum Gasteiger partial charge on any atom is -0.256 e. The number of hydrogen-bond donors (Lipinski definition) is 0. The van der Waals surface area contributed by atoms with Crippen LogP contribution in [0.2, 0.25) is 10.0 Å². The Morgan fingerprint density at radius 3 is 2.25 bits per heavy atom. The summed E-state index contributed by atoms with van der Waals surface area (Å²) in [5.41, 5.74) is 3.86. The van der Waals surface area contributed by atoms with Crippen LogP contribution in [0.1, 0.15) is 11.1 Å². The molecule has 16 heavy (non-hydrogen) atoms. The molecule has 0 fully saturated rings. The molecule has 1 aromatic carbocycles. The topological polar surface area (TPSA) is 12.9 Å². The first kappa shape index (κ1) is 11.4. The standard InChI is InChI=1S/C13H11Cl2N/c1-8-6-9(2)13(16-7-8)12-10(14)4-3-5-11(12)15/h3-7H,1-2H3. The van der Waals surface area contributed by atoms with Gasteiger partial charge in [0, 0.05) is 11.8 Å². The van der Waals surface area contributed by atoms with E-state index in [1.807, 2.05) is 38.2 Å². The van der Waals surface area contributed by atoms with Gasteiger partial charge in [-0.25, -0.2) is 0 Å². The molecule has 0 saturated carbocycles. The second kappa shape index (κ2) is 4.44. The Bertz CT molecular complexity index is 515. The van der Waals surface area contributed by atoms with E-state index in [1.165, 1.54) is 0 Å². The molecule has 1 heterocycles. The van der Waals surface area contributed by atoms with Gasteiger partial charge in [0.1, 0.15) is 0 Å². The molecule has 0 amide bonds. The lowest BCUT2D eigenvalue weighted by atomic mass is 10.1. The number of aryl methyl sites for hydroxylation is 2. The maximum Gasteiger partial charge on any atom is 0.0761 e. The third kappa shape index (κ3) is 2.06. The smallest absolute Gasteiger partial charge is 0.0761 e. The Hall–Kier alpha value is -1.05. The van der Waals surface area contributed by atoms with Gasteiger partial charge in [-0.1, -0.05) is 35.3 Å². The van der Waals surface area contributed by atoms with Crippen molar-refractivity contribution >= 4 is 23.2 Å². The molecule has 0 unspecified atom stereocenters. The van der Waals surface area contributed by atoms with Crippen molar-refractivity contribution in [2.45, 2.75) is 13.8 Å². The fourth-order valence-corrected chi connectivity index (χ4v) is 2.28. The summed E-state index contributed by atoms with van der Waals surface area (Å²) in [6.45, 7) is 4.02. The molecule has 0 saturated heterocycles. The molecule has 2 aromatic rings. The maximum absolute atomic E-state index is 6.15. The highest BCUT2D eigenvalue weighted by molar-refractivity contribution is 6.39. The number of hydrogen-bond acceptors (Lipinski definition) is 1. The Morgan fingerprint density at radius 2 is 1.69 bits per heavy atom. The maximum atomic E-state index is 6.15. The highest BCUT2D eigenvalue weighted by atomic mass is 35.5. The van der Waals surface area contributed by atoms with Gasteiger partial charge in [-0.3, -0.25) is 4.98 Å². The lowest BCUT2D eigenvalue weighted by Gasteiger charge is -2.09. The van der Waals surface area contributed by atoms with Gasteiger partial charge < -0.3 is 0 Å². The van der Waals surface area contributed by atoms with E-state index in [9.17, 15) is 0 Å². The lowest BCUT2D eigenvalue weighted by molar-refractivity contribution is 1.22. The molecule has 0 spiro atoms. The number of rotatable bonds is 1. The van der Waals surface area contributed by atoms with Crippen molar-refractivity contribution in [2.75, 3.05) is 0 Å². The fourth-order valence-electron chi connectivity index (χ4n) is 1.70. The van der Waals surface area contributed by atoms with Crippen LogP contribution in [-0.2, 0) is 0 Å². The van der Waals surface area contributed by atoms with Crippen LogP contribution >= 0.6 is 23.2 Å². The third-order valence-electron chi connectivity index (χ3n) is 2.41. The monoisotopic (exact) mass is 251 g/mol. The summed E-state index contributed by atoms with van der Waals surface area (Å²) in [5, 5.41) is 1.26. The number of aromatic nitrogens is 1. The predicted molar refractivity (Wildman–Crippen MR) is 69.2 cm³/mol. The molecule has 0 aliphatic carbocycles. The first-order valence-corrected chi connectivity index (χ1v) is 5.73.